The molecule has 0 aromatic heterocycles. The van der Waals surface area contributed by atoms with Crippen LogP contribution in [-0.2, 0) is 0 Å². The normalized spacial score (nSPS) is 8.60. The second-order valence-electron chi connectivity index (χ2n) is 1.35. The highest BCUT2D eigenvalue weighted by Crippen LogP contribution is 1.79. The van der Waals surface area contributed by atoms with Gasteiger partial charge in [-0.2, -0.15) is 0 Å². The molecule has 0 spiro atoms. The largest absolute Gasteiger partial charge is 0.355 e. The van der Waals surface area contributed by atoms with Crippen molar-refractivity contribution in [2.75, 3.05) is 12.4 Å². The SMILES string of the molecule is NN(N=O)C(=O)NCCCl. The van der Waals surface area contributed by atoms with E-state index in [-0.39, 0.29) is 17.5 Å². The fourth-order valence-electron chi connectivity index (χ4n) is 0.272. The van der Waals surface area contributed by atoms with Gasteiger partial charge in [0.1, 0.15) is 0 Å². The molecule has 0 aromatic carbocycles. The van der Waals surface area contributed by atoms with Gasteiger partial charge in [-0.1, -0.05) is 0 Å². The molecule has 0 saturated heterocycles. The summed E-state index contributed by atoms with van der Waals surface area (Å²) in [5.41, 5.74) is 0. The molecule has 58 valence electrons. The summed E-state index contributed by atoms with van der Waals surface area (Å²) < 4.78 is 0. The van der Waals surface area contributed by atoms with E-state index in [1.165, 1.54) is 0 Å². The van der Waals surface area contributed by atoms with Crippen molar-refractivity contribution in [2.24, 2.45) is 11.1 Å². The fraction of sp³-hybridized carbons (Fsp3) is 0.667. The van der Waals surface area contributed by atoms with Crippen LogP contribution in [0.15, 0.2) is 5.29 Å². The maximum Gasteiger partial charge on any atom is 0.355 e. The van der Waals surface area contributed by atoms with Gasteiger partial charge >= 0.3 is 6.03 Å². The average molecular weight is 167 g/mol. The summed E-state index contributed by atoms with van der Waals surface area (Å²) in [5, 5.41) is 4.53. The van der Waals surface area contributed by atoms with Gasteiger partial charge in [0, 0.05) is 12.4 Å². The van der Waals surface area contributed by atoms with E-state index in [2.05, 4.69) is 10.6 Å². The molecule has 0 aliphatic carbocycles. The molecule has 3 N–H and O–H groups in total. The molecule has 0 radical (unpaired) electrons. The molecule has 0 aliphatic heterocycles. The van der Waals surface area contributed by atoms with Crippen LogP contribution in [0.3, 0.4) is 0 Å². The number of nitrogens with one attached hydrogen (secondary N) is 1. The first-order valence-electron chi connectivity index (χ1n) is 2.44. The number of carbonyl (C=O) groups excluding carboxylic acids is 1. The third-order valence-electron chi connectivity index (χ3n) is 0.667. The monoisotopic (exact) mass is 166 g/mol. The zero-order chi connectivity index (χ0) is 7.98. The number of amides is 2. The van der Waals surface area contributed by atoms with Crippen molar-refractivity contribution < 1.29 is 4.79 Å². The quantitative estimate of drug-likeness (QED) is 0.200. The highest BCUT2D eigenvalue weighted by atomic mass is 35.5. The molecule has 2 amide bonds. The Morgan fingerprint density at radius 1 is 1.80 bits per heavy atom. The molecule has 0 aromatic rings. The number of hydrazine groups is 1. The van der Waals surface area contributed by atoms with Crippen LogP contribution < -0.4 is 11.2 Å². The van der Waals surface area contributed by atoms with E-state index in [0.717, 1.165) is 0 Å². The van der Waals surface area contributed by atoms with Crippen molar-refractivity contribution in [1.29, 1.82) is 0 Å². The Morgan fingerprint density at radius 2 is 2.40 bits per heavy atom. The summed E-state index contributed by atoms with van der Waals surface area (Å²) in [4.78, 5) is 20.0. The second kappa shape index (κ2) is 4.95. The van der Waals surface area contributed by atoms with Crippen LogP contribution in [0.1, 0.15) is 0 Å². The lowest BCUT2D eigenvalue weighted by molar-refractivity contribution is 0.201. The summed E-state index contributed by atoms with van der Waals surface area (Å²) in [6, 6.07) is -0.768. The Labute approximate surface area is 62.2 Å². The maximum absolute atomic E-state index is 10.5. The number of hydrogen-bond donors (Lipinski definition) is 2. The summed E-state index contributed by atoms with van der Waals surface area (Å²) in [6.07, 6.45) is 0. The number of nitrogens with zero attached hydrogens (tertiary/aromatic N) is 2. The lowest BCUT2D eigenvalue weighted by atomic mass is 10.7. The molecule has 0 atom stereocenters. The number of urea groups is 1. The Morgan fingerprint density at radius 3 is 2.80 bits per heavy atom. The number of halogens is 1. The van der Waals surface area contributed by atoms with Gasteiger partial charge in [0.15, 0.2) is 0 Å². The van der Waals surface area contributed by atoms with E-state index in [9.17, 15) is 9.70 Å². The number of nitrogens with two attached hydrogens (primary N) is 1. The van der Waals surface area contributed by atoms with Crippen LogP contribution in [0.25, 0.3) is 0 Å². The average Bonchev–Trinajstić information content (AvgIpc) is 1.98. The topological polar surface area (TPSA) is 87.8 Å². The van der Waals surface area contributed by atoms with Gasteiger partial charge in [0.2, 0.25) is 0 Å². The van der Waals surface area contributed by atoms with Crippen molar-refractivity contribution >= 4 is 17.6 Å². The molecule has 7 heteroatoms. The Hall–Kier alpha value is -0.880. The number of hydrogen-bond acceptors (Lipinski definition) is 4. The van der Waals surface area contributed by atoms with Gasteiger partial charge in [0.05, 0.1) is 5.29 Å². The predicted molar refractivity (Wildman–Crippen MR) is 35.9 cm³/mol. The van der Waals surface area contributed by atoms with Crippen molar-refractivity contribution in [3.05, 3.63) is 4.91 Å². The molecule has 10 heavy (non-hydrogen) atoms. The lowest BCUT2D eigenvalue weighted by Crippen LogP contribution is -2.41. The predicted octanol–water partition coefficient (Wildman–Crippen LogP) is -0.208. The summed E-state index contributed by atoms with van der Waals surface area (Å²) in [5.74, 6) is 5.02. The van der Waals surface area contributed by atoms with Gasteiger partial charge in [-0.15, -0.1) is 21.6 Å². The summed E-state index contributed by atoms with van der Waals surface area (Å²) in [7, 11) is 0. The number of carbonyl (C=O) groups is 1. The van der Waals surface area contributed by atoms with Crippen LogP contribution in [0.2, 0.25) is 0 Å². The van der Waals surface area contributed by atoms with E-state index in [1.54, 1.807) is 0 Å². The molecule has 0 heterocycles. The van der Waals surface area contributed by atoms with Crippen LogP contribution in [0.5, 0.6) is 0 Å². The molecule has 0 aliphatic rings. The highest BCUT2D eigenvalue weighted by Gasteiger charge is 2.06. The number of nitroso groups, excluding NO2 is 1. The van der Waals surface area contributed by atoms with Gasteiger partial charge in [-0.05, 0) is 0 Å². The minimum atomic E-state index is -0.768. The minimum absolute atomic E-state index is 0.159. The van der Waals surface area contributed by atoms with E-state index in [0.29, 0.717) is 0 Å². The molecule has 0 saturated carbocycles. The zero-order valence-electron chi connectivity index (χ0n) is 5.08. The lowest BCUT2D eigenvalue weighted by Gasteiger charge is -2.05. The maximum atomic E-state index is 10.5. The first-order chi connectivity index (χ1) is 4.72. The van der Waals surface area contributed by atoms with Crippen LogP contribution in [0, 0.1) is 4.91 Å². The number of rotatable bonds is 3. The van der Waals surface area contributed by atoms with Crippen LogP contribution in [-0.4, -0.2) is 23.6 Å². The van der Waals surface area contributed by atoms with Gasteiger partial charge in [-0.3, -0.25) is 0 Å². The van der Waals surface area contributed by atoms with Crippen LogP contribution in [0.4, 0.5) is 4.79 Å². The van der Waals surface area contributed by atoms with Crippen molar-refractivity contribution in [3.8, 4) is 0 Å². The number of alkyl halides is 1. The first-order valence-corrected chi connectivity index (χ1v) is 2.97. The smallest absolute Gasteiger partial charge is 0.334 e. The Kier molecular flexibility index (Phi) is 4.51. The van der Waals surface area contributed by atoms with Crippen molar-refractivity contribution in [3.63, 3.8) is 0 Å². The minimum Gasteiger partial charge on any atom is -0.334 e. The van der Waals surface area contributed by atoms with E-state index < -0.39 is 6.03 Å². The van der Waals surface area contributed by atoms with Crippen LogP contribution >= 0.6 is 11.6 Å². The van der Waals surface area contributed by atoms with Gasteiger partial charge < -0.3 is 5.32 Å². The van der Waals surface area contributed by atoms with Gasteiger partial charge in [0.25, 0.3) is 0 Å². The third-order valence-corrected chi connectivity index (χ3v) is 0.856. The molecule has 0 rings (SSSR count). The third kappa shape index (κ3) is 3.21. The zero-order valence-corrected chi connectivity index (χ0v) is 5.84. The van der Waals surface area contributed by atoms with Gasteiger partial charge in [-0.25, -0.2) is 10.6 Å². The summed E-state index contributed by atoms with van der Waals surface area (Å²) >= 11 is 5.21. The van der Waals surface area contributed by atoms with E-state index in [4.69, 9.17) is 17.4 Å². The van der Waals surface area contributed by atoms with Crippen molar-refractivity contribution in [2.45, 2.75) is 0 Å². The second-order valence-corrected chi connectivity index (χ2v) is 1.73. The highest BCUT2D eigenvalue weighted by molar-refractivity contribution is 6.18. The summed E-state index contributed by atoms with van der Waals surface area (Å²) in [6.45, 7) is 0.254. The fourth-order valence-corrected chi connectivity index (χ4v) is 0.367. The molecular formula is C3H7ClN4O2. The molecule has 0 fully saturated rings. The molecule has 0 unspecified atom stereocenters. The first kappa shape index (κ1) is 9.12. The van der Waals surface area contributed by atoms with E-state index in [1.807, 2.05) is 0 Å². The standard InChI is InChI=1S/C3H7ClN4O2/c4-1-2-6-3(9)8(5)7-10/h1-2,5H2,(H,6,9). The Bertz CT molecular complexity index is 130. The molecule has 6 nitrogen and oxygen atoms in total. The Balaban J connectivity index is 3.51. The molecule has 0 bridgehead atoms. The molecular weight excluding hydrogens is 160 g/mol. The van der Waals surface area contributed by atoms with Crippen molar-refractivity contribution in [1.82, 2.24) is 10.4 Å². The van der Waals surface area contributed by atoms with E-state index >= 15 is 0 Å².